The van der Waals surface area contributed by atoms with Crippen molar-refractivity contribution in [2.75, 3.05) is 18.1 Å². The molecule has 2 aromatic carbocycles. The van der Waals surface area contributed by atoms with Gasteiger partial charge in [-0.1, -0.05) is 18.2 Å². The number of carbonyl (C=O) groups is 2. The van der Waals surface area contributed by atoms with Gasteiger partial charge in [-0.3, -0.25) is 14.5 Å². The molecule has 2 N–H and O–H groups in total. The largest absolute Gasteiger partial charge is 0.507 e. The van der Waals surface area contributed by atoms with Crippen LogP contribution in [0.1, 0.15) is 18.1 Å². The van der Waals surface area contributed by atoms with E-state index in [1.807, 2.05) is 0 Å². The number of benzene rings is 2. The third kappa shape index (κ3) is 2.59. The predicted octanol–water partition coefficient (Wildman–Crippen LogP) is 1.82. The number of anilines is 1. The number of nitrogens with zero attached hydrogens (tertiary/aromatic N) is 1. The van der Waals surface area contributed by atoms with Crippen molar-refractivity contribution in [1.82, 2.24) is 0 Å². The number of fused-ring (bicyclic) bond motifs is 1. The van der Waals surface area contributed by atoms with E-state index in [1.54, 1.807) is 13.0 Å². The summed E-state index contributed by atoms with van der Waals surface area (Å²) in [6.45, 7) is 1.24. The molecule has 0 aliphatic carbocycles. The number of amides is 1. The van der Waals surface area contributed by atoms with Crippen molar-refractivity contribution in [2.24, 2.45) is 0 Å². The zero-order valence-corrected chi connectivity index (χ0v) is 13.7. The summed E-state index contributed by atoms with van der Waals surface area (Å²) in [5.74, 6) is -5.12. The molecule has 1 aliphatic rings. The van der Waals surface area contributed by atoms with Crippen LogP contribution in [0.25, 0.3) is 0 Å². The molecule has 0 spiro atoms. The number of phenols is 1. The Labute approximate surface area is 147 Å². The first kappa shape index (κ1) is 17.8. The van der Waals surface area contributed by atoms with Crippen molar-refractivity contribution in [3.8, 4) is 5.75 Å². The van der Waals surface area contributed by atoms with Gasteiger partial charge in [0.1, 0.15) is 12.3 Å². The molecule has 1 heterocycles. The van der Waals surface area contributed by atoms with Gasteiger partial charge in [-0.25, -0.2) is 8.78 Å². The van der Waals surface area contributed by atoms with E-state index in [0.717, 1.165) is 4.90 Å². The highest BCUT2D eigenvalue weighted by Gasteiger charge is 2.53. The molecule has 136 valence electrons. The topological polar surface area (TPSA) is 87.1 Å². The zero-order chi connectivity index (χ0) is 19.1. The van der Waals surface area contributed by atoms with Crippen molar-refractivity contribution in [3.05, 3.63) is 59.2 Å². The summed E-state index contributed by atoms with van der Waals surface area (Å²) in [7, 11) is 0. The van der Waals surface area contributed by atoms with Crippen LogP contribution < -0.4 is 4.90 Å². The van der Waals surface area contributed by atoms with E-state index in [9.17, 15) is 28.6 Å². The smallest absolute Gasteiger partial charge is 0.326 e. The van der Waals surface area contributed by atoms with Crippen molar-refractivity contribution in [3.63, 3.8) is 0 Å². The van der Waals surface area contributed by atoms with E-state index >= 15 is 0 Å². The van der Waals surface area contributed by atoms with E-state index in [-0.39, 0.29) is 17.9 Å². The SMILES string of the molecule is CCOC(=O)CN1C(=O)C(O)(c2cc(F)c(F)cc2O)c2ccccc21. The number of esters is 1. The highest BCUT2D eigenvalue weighted by molar-refractivity contribution is 6.11. The van der Waals surface area contributed by atoms with E-state index in [0.29, 0.717) is 12.1 Å². The molecule has 0 saturated heterocycles. The lowest BCUT2D eigenvalue weighted by molar-refractivity contribution is -0.143. The zero-order valence-electron chi connectivity index (χ0n) is 13.7. The van der Waals surface area contributed by atoms with Gasteiger partial charge in [-0.05, 0) is 19.1 Å². The number of aliphatic hydroxyl groups is 1. The molecule has 1 amide bonds. The molecule has 8 heteroatoms. The van der Waals surface area contributed by atoms with Crippen LogP contribution in [0.5, 0.6) is 5.75 Å². The maximum Gasteiger partial charge on any atom is 0.326 e. The molecule has 0 aromatic heterocycles. The Bertz CT molecular complexity index is 901. The van der Waals surface area contributed by atoms with Gasteiger partial charge in [0, 0.05) is 17.2 Å². The molecular formula is C18H15F2NO5. The Morgan fingerprint density at radius 2 is 1.85 bits per heavy atom. The summed E-state index contributed by atoms with van der Waals surface area (Å²) in [6.07, 6.45) is 0. The molecular weight excluding hydrogens is 348 g/mol. The fourth-order valence-electron chi connectivity index (χ4n) is 3.01. The second-order valence-corrected chi connectivity index (χ2v) is 5.71. The molecule has 1 unspecified atom stereocenters. The standard InChI is InChI=1S/C18H15F2NO5/c1-2-26-16(23)9-21-14-6-4-3-5-10(14)18(25,17(21)24)11-7-12(19)13(20)8-15(11)22/h3-8,22,25H,2,9H2,1H3. The summed E-state index contributed by atoms with van der Waals surface area (Å²) < 4.78 is 31.8. The van der Waals surface area contributed by atoms with E-state index in [2.05, 4.69) is 0 Å². The van der Waals surface area contributed by atoms with E-state index < -0.39 is 47.0 Å². The lowest BCUT2D eigenvalue weighted by atomic mass is 9.87. The Balaban J connectivity index is 2.15. The van der Waals surface area contributed by atoms with Crippen LogP contribution in [0.3, 0.4) is 0 Å². The van der Waals surface area contributed by atoms with Gasteiger partial charge in [0.25, 0.3) is 5.91 Å². The number of hydrogen-bond donors (Lipinski definition) is 2. The van der Waals surface area contributed by atoms with Crippen LogP contribution in [-0.2, 0) is 19.9 Å². The molecule has 1 atom stereocenters. The highest BCUT2D eigenvalue weighted by atomic mass is 19.2. The lowest BCUT2D eigenvalue weighted by Gasteiger charge is -2.24. The van der Waals surface area contributed by atoms with Gasteiger partial charge in [0.15, 0.2) is 11.6 Å². The molecule has 3 rings (SSSR count). The molecule has 0 fully saturated rings. The molecule has 1 aliphatic heterocycles. The number of carbonyl (C=O) groups excluding carboxylic acids is 2. The van der Waals surface area contributed by atoms with Crippen LogP contribution in [0.2, 0.25) is 0 Å². The van der Waals surface area contributed by atoms with Crippen LogP contribution in [0.15, 0.2) is 36.4 Å². The molecule has 0 bridgehead atoms. The molecule has 0 saturated carbocycles. The fraction of sp³-hybridized carbons (Fsp3) is 0.222. The van der Waals surface area contributed by atoms with Gasteiger partial charge in [-0.15, -0.1) is 0 Å². The quantitative estimate of drug-likeness (QED) is 0.809. The summed E-state index contributed by atoms with van der Waals surface area (Å²) in [5.41, 5.74) is -2.74. The Morgan fingerprint density at radius 3 is 2.54 bits per heavy atom. The third-order valence-electron chi connectivity index (χ3n) is 4.16. The average molecular weight is 363 g/mol. The van der Waals surface area contributed by atoms with Crippen molar-refractivity contribution >= 4 is 17.6 Å². The number of phenolic OH excluding ortho intramolecular Hbond substituents is 1. The number of halogens is 2. The molecule has 6 nitrogen and oxygen atoms in total. The Morgan fingerprint density at radius 1 is 1.19 bits per heavy atom. The van der Waals surface area contributed by atoms with Crippen LogP contribution in [0, 0.1) is 11.6 Å². The van der Waals surface area contributed by atoms with Gasteiger partial charge < -0.3 is 14.9 Å². The minimum absolute atomic E-state index is 0.0376. The van der Waals surface area contributed by atoms with Crippen molar-refractivity contribution in [1.29, 1.82) is 0 Å². The summed E-state index contributed by atoms with van der Waals surface area (Å²) in [4.78, 5) is 25.7. The van der Waals surface area contributed by atoms with Crippen molar-refractivity contribution in [2.45, 2.75) is 12.5 Å². The number of ether oxygens (including phenoxy) is 1. The summed E-state index contributed by atoms with van der Waals surface area (Å²) in [5, 5.41) is 21.1. The first-order valence-electron chi connectivity index (χ1n) is 7.78. The maximum atomic E-state index is 13.7. The number of para-hydroxylation sites is 1. The summed E-state index contributed by atoms with van der Waals surface area (Å²) >= 11 is 0. The van der Waals surface area contributed by atoms with E-state index in [1.165, 1.54) is 18.2 Å². The van der Waals surface area contributed by atoms with Gasteiger partial charge in [0.05, 0.1) is 12.3 Å². The van der Waals surface area contributed by atoms with Gasteiger partial charge in [-0.2, -0.15) is 0 Å². The van der Waals surface area contributed by atoms with Crippen LogP contribution >= 0.6 is 0 Å². The van der Waals surface area contributed by atoms with Crippen LogP contribution in [-0.4, -0.2) is 35.2 Å². The second-order valence-electron chi connectivity index (χ2n) is 5.71. The number of rotatable bonds is 4. The van der Waals surface area contributed by atoms with Crippen LogP contribution in [0.4, 0.5) is 14.5 Å². The normalized spacial score (nSPS) is 18.8. The third-order valence-corrected chi connectivity index (χ3v) is 4.16. The van der Waals surface area contributed by atoms with Gasteiger partial charge in [0.2, 0.25) is 5.60 Å². The first-order chi connectivity index (χ1) is 12.3. The highest BCUT2D eigenvalue weighted by Crippen LogP contribution is 2.47. The molecule has 26 heavy (non-hydrogen) atoms. The van der Waals surface area contributed by atoms with Crippen molar-refractivity contribution < 1.29 is 33.3 Å². The minimum atomic E-state index is -2.47. The lowest BCUT2D eigenvalue weighted by Crippen LogP contribution is -2.43. The predicted molar refractivity (Wildman–Crippen MR) is 86.4 cm³/mol. The maximum absolute atomic E-state index is 13.7. The summed E-state index contributed by atoms with van der Waals surface area (Å²) in [6, 6.07) is 7.04. The minimum Gasteiger partial charge on any atom is -0.507 e. The fourth-order valence-corrected chi connectivity index (χ4v) is 3.01. The monoisotopic (exact) mass is 363 g/mol. The molecule has 0 radical (unpaired) electrons. The Kier molecular flexibility index (Phi) is 4.37. The average Bonchev–Trinajstić information content (AvgIpc) is 2.81. The number of aromatic hydroxyl groups is 1. The Hall–Kier alpha value is -3.00. The second kappa shape index (κ2) is 6.38. The first-order valence-corrected chi connectivity index (χ1v) is 7.78. The molecule has 2 aromatic rings. The number of hydrogen-bond acceptors (Lipinski definition) is 5. The van der Waals surface area contributed by atoms with Gasteiger partial charge >= 0.3 is 5.97 Å². The van der Waals surface area contributed by atoms with E-state index in [4.69, 9.17) is 4.74 Å².